The van der Waals surface area contributed by atoms with Gasteiger partial charge in [-0.15, -0.1) is 0 Å². The molecule has 0 spiro atoms. The SMILES string of the molecule is CN(C)CC(=N)c1cc(-c2ccc(F)cc2OCCn2cnc3ccccc32)ccc1N.[HH]. The van der Waals surface area contributed by atoms with Crippen LogP contribution in [0.3, 0.4) is 0 Å². The van der Waals surface area contributed by atoms with E-state index in [-0.39, 0.29) is 7.24 Å². The molecule has 32 heavy (non-hydrogen) atoms. The zero-order valence-electron chi connectivity index (χ0n) is 18.2. The minimum Gasteiger partial charge on any atom is -0.491 e. The average Bonchev–Trinajstić information content (AvgIpc) is 3.17. The lowest BCUT2D eigenvalue weighted by Gasteiger charge is -2.16. The van der Waals surface area contributed by atoms with Crippen molar-refractivity contribution in [3.05, 3.63) is 78.4 Å². The van der Waals surface area contributed by atoms with Crippen molar-refractivity contribution in [2.75, 3.05) is 33.0 Å². The molecule has 7 heteroatoms. The molecule has 0 bridgehead atoms. The van der Waals surface area contributed by atoms with E-state index < -0.39 is 0 Å². The summed E-state index contributed by atoms with van der Waals surface area (Å²) in [5, 5.41) is 8.38. The largest absolute Gasteiger partial charge is 0.491 e. The minimum atomic E-state index is -0.368. The van der Waals surface area contributed by atoms with E-state index in [1.54, 1.807) is 18.5 Å². The first-order valence-electron chi connectivity index (χ1n) is 10.4. The van der Waals surface area contributed by atoms with Gasteiger partial charge in [-0.2, -0.15) is 0 Å². The van der Waals surface area contributed by atoms with Crippen LogP contribution in [-0.4, -0.2) is 47.4 Å². The number of benzene rings is 3. The summed E-state index contributed by atoms with van der Waals surface area (Å²) in [5.41, 5.74) is 11.3. The van der Waals surface area contributed by atoms with Gasteiger partial charge in [0.05, 0.1) is 29.6 Å². The Kier molecular flexibility index (Phi) is 6.18. The van der Waals surface area contributed by atoms with Crippen molar-refractivity contribution >= 4 is 22.4 Å². The van der Waals surface area contributed by atoms with Crippen molar-refractivity contribution in [1.29, 1.82) is 5.41 Å². The van der Waals surface area contributed by atoms with Gasteiger partial charge in [0.15, 0.2) is 0 Å². The first kappa shape index (κ1) is 21.5. The normalized spacial score (nSPS) is 11.2. The van der Waals surface area contributed by atoms with Gasteiger partial charge in [-0.1, -0.05) is 18.2 Å². The molecular weight excluding hydrogens is 405 g/mol. The summed E-state index contributed by atoms with van der Waals surface area (Å²) in [5.74, 6) is 0.0807. The molecule has 166 valence electrons. The number of nitrogen functional groups attached to an aromatic ring is 1. The Morgan fingerprint density at radius 1 is 1.16 bits per heavy atom. The maximum atomic E-state index is 14.0. The molecule has 3 aromatic carbocycles. The second-order valence-electron chi connectivity index (χ2n) is 7.93. The highest BCUT2D eigenvalue weighted by Crippen LogP contribution is 2.33. The number of imidazole rings is 1. The Labute approximate surface area is 188 Å². The maximum absolute atomic E-state index is 14.0. The third-order valence-electron chi connectivity index (χ3n) is 5.22. The molecule has 0 fully saturated rings. The van der Waals surface area contributed by atoms with Crippen LogP contribution in [-0.2, 0) is 6.54 Å². The summed E-state index contributed by atoms with van der Waals surface area (Å²) in [6.45, 7) is 1.41. The number of nitrogens with two attached hydrogens (primary N) is 1. The summed E-state index contributed by atoms with van der Waals surface area (Å²) in [6.07, 6.45) is 1.78. The van der Waals surface area contributed by atoms with Gasteiger partial charge in [0.2, 0.25) is 0 Å². The van der Waals surface area contributed by atoms with Gasteiger partial charge in [0, 0.05) is 30.9 Å². The number of para-hydroxylation sites is 2. The Balaban J connectivity index is 0.00000306. The number of hydrogen-bond acceptors (Lipinski definition) is 5. The van der Waals surface area contributed by atoms with Gasteiger partial charge in [0.25, 0.3) is 0 Å². The molecular formula is C25H28FN5O. The van der Waals surface area contributed by atoms with Crippen LogP contribution in [0.15, 0.2) is 67.0 Å². The van der Waals surface area contributed by atoms with E-state index in [4.69, 9.17) is 15.9 Å². The van der Waals surface area contributed by atoms with E-state index in [9.17, 15) is 4.39 Å². The number of anilines is 1. The molecule has 4 rings (SSSR count). The molecule has 1 heterocycles. The first-order valence-corrected chi connectivity index (χ1v) is 10.4. The number of hydrogen-bond donors (Lipinski definition) is 2. The third kappa shape index (κ3) is 4.63. The molecule has 0 aliphatic heterocycles. The van der Waals surface area contributed by atoms with Crippen molar-refractivity contribution < 1.29 is 10.6 Å². The second-order valence-corrected chi connectivity index (χ2v) is 7.93. The fourth-order valence-electron chi connectivity index (χ4n) is 3.68. The molecule has 0 radical (unpaired) electrons. The van der Waals surface area contributed by atoms with E-state index in [0.29, 0.717) is 42.4 Å². The maximum Gasteiger partial charge on any atom is 0.130 e. The highest BCUT2D eigenvalue weighted by Gasteiger charge is 2.13. The lowest BCUT2D eigenvalue weighted by molar-refractivity contribution is 0.300. The van der Waals surface area contributed by atoms with Crippen molar-refractivity contribution in [1.82, 2.24) is 14.5 Å². The van der Waals surface area contributed by atoms with Gasteiger partial charge in [0.1, 0.15) is 18.2 Å². The van der Waals surface area contributed by atoms with Crippen LogP contribution in [0.25, 0.3) is 22.2 Å². The van der Waals surface area contributed by atoms with Crippen LogP contribution in [0.2, 0.25) is 0 Å². The average molecular weight is 434 g/mol. The van der Waals surface area contributed by atoms with Crippen LogP contribution in [0.4, 0.5) is 10.1 Å². The smallest absolute Gasteiger partial charge is 0.130 e. The van der Waals surface area contributed by atoms with Gasteiger partial charge in [-0.25, -0.2) is 9.37 Å². The minimum absolute atomic E-state index is 0. The first-order chi connectivity index (χ1) is 15.4. The lowest BCUT2D eigenvalue weighted by Crippen LogP contribution is -2.22. The highest BCUT2D eigenvalue weighted by molar-refractivity contribution is 6.05. The molecule has 0 saturated heterocycles. The topological polar surface area (TPSA) is 80.2 Å². The van der Waals surface area contributed by atoms with E-state index in [2.05, 4.69) is 4.98 Å². The van der Waals surface area contributed by atoms with Crippen molar-refractivity contribution in [3.8, 4) is 16.9 Å². The lowest BCUT2D eigenvalue weighted by atomic mass is 9.98. The van der Waals surface area contributed by atoms with Crippen LogP contribution in [0, 0.1) is 11.2 Å². The fourth-order valence-corrected chi connectivity index (χ4v) is 3.68. The summed E-state index contributed by atoms with van der Waals surface area (Å²) >= 11 is 0. The molecule has 0 saturated carbocycles. The Morgan fingerprint density at radius 3 is 2.78 bits per heavy atom. The van der Waals surface area contributed by atoms with Crippen molar-refractivity contribution in [2.45, 2.75) is 6.54 Å². The second kappa shape index (κ2) is 9.20. The predicted molar refractivity (Wildman–Crippen MR) is 129 cm³/mol. The van der Waals surface area contributed by atoms with Gasteiger partial charge < -0.3 is 25.3 Å². The number of ether oxygens (including phenoxy) is 1. The number of nitrogens with one attached hydrogen (secondary N) is 1. The number of rotatable bonds is 8. The molecule has 0 amide bonds. The molecule has 0 unspecified atom stereocenters. The Bertz CT molecular complexity index is 1270. The van der Waals surface area contributed by atoms with E-state index in [0.717, 1.165) is 22.2 Å². The zero-order valence-corrected chi connectivity index (χ0v) is 18.2. The number of halogens is 1. The summed E-state index contributed by atoms with van der Waals surface area (Å²) in [7, 11) is 3.81. The summed E-state index contributed by atoms with van der Waals surface area (Å²) in [4.78, 5) is 6.31. The Morgan fingerprint density at radius 2 is 1.97 bits per heavy atom. The van der Waals surface area contributed by atoms with Gasteiger partial charge >= 0.3 is 0 Å². The van der Waals surface area contributed by atoms with Gasteiger partial charge in [-0.05, 0) is 56.1 Å². The highest BCUT2D eigenvalue weighted by atomic mass is 19.1. The molecule has 0 aliphatic rings. The molecule has 3 N–H and O–H groups in total. The Hall–Kier alpha value is -3.71. The van der Waals surface area contributed by atoms with E-state index >= 15 is 0 Å². The molecule has 0 aliphatic carbocycles. The van der Waals surface area contributed by atoms with Crippen molar-refractivity contribution in [2.24, 2.45) is 0 Å². The number of fused-ring (bicyclic) bond motifs is 1. The third-order valence-corrected chi connectivity index (χ3v) is 5.22. The monoisotopic (exact) mass is 433 g/mol. The van der Waals surface area contributed by atoms with Crippen molar-refractivity contribution in [3.63, 3.8) is 0 Å². The molecule has 6 nitrogen and oxygen atoms in total. The summed E-state index contributed by atoms with van der Waals surface area (Å²) < 4.78 is 22.1. The predicted octanol–water partition coefficient (Wildman–Crippen LogP) is 4.68. The number of likely N-dealkylation sites (N-methyl/N-ethyl adjacent to an activating group) is 1. The molecule has 0 atom stereocenters. The summed E-state index contributed by atoms with van der Waals surface area (Å²) in [6, 6.07) is 17.9. The number of nitrogens with zero attached hydrogens (tertiary/aromatic N) is 3. The number of aromatic nitrogens is 2. The quantitative estimate of drug-likeness (QED) is 0.312. The van der Waals surface area contributed by atoms with Crippen LogP contribution < -0.4 is 10.5 Å². The zero-order chi connectivity index (χ0) is 22.7. The molecule has 1 aromatic heterocycles. The van der Waals surface area contributed by atoms with E-state index in [1.807, 2.05) is 60.0 Å². The van der Waals surface area contributed by atoms with Crippen LogP contribution in [0.5, 0.6) is 5.75 Å². The standard InChI is InChI=1S/C25H26FN5O.H2/c1-30(2)15-22(28)20-13-17(7-10-21(20)27)19-9-8-18(26)14-25(19)32-12-11-31-16-29-23-5-3-4-6-24(23)31;/h3-10,13-14,16,28H,11-12,15,27H2,1-2H3;1H. The van der Waals surface area contributed by atoms with Gasteiger partial charge in [-0.3, -0.25) is 0 Å². The van der Waals surface area contributed by atoms with E-state index in [1.165, 1.54) is 12.1 Å². The molecule has 4 aromatic rings. The van der Waals surface area contributed by atoms with Crippen LogP contribution in [0.1, 0.15) is 6.99 Å². The van der Waals surface area contributed by atoms with Crippen LogP contribution >= 0.6 is 0 Å². The fraction of sp³-hybridized carbons (Fsp3) is 0.200.